The Morgan fingerprint density at radius 1 is 1.57 bits per heavy atom. The number of ether oxygens (including phenoxy) is 1. The molecule has 14 heavy (non-hydrogen) atoms. The predicted octanol–water partition coefficient (Wildman–Crippen LogP) is 2.21. The molecule has 0 fully saturated rings. The highest BCUT2D eigenvalue weighted by molar-refractivity contribution is 5.41. The Hall–Kier alpha value is -1.70. The first kappa shape index (κ1) is 10.4. The van der Waals surface area contributed by atoms with Gasteiger partial charge in [-0.2, -0.15) is 5.26 Å². The molecule has 0 atom stereocenters. The molecule has 74 valence electrons. The Morgan fingerprint density at radius 2 is 2.21 bits per heavy atom. The summed E-state index contributed by atoms with van der Waals surface area (Å²) < 4.78 is 29.6. The summed E-state index contributed by atoms with van der Waals surface area (Å²) >= 11 is 0. The zero-order chi connectivity index (χ0) is 10.7. The smallest absolute Gasteiger partial charge is 0.281 e. The number of hydrogen-bond donors (Lipinski definition) is 0. The molecule has 0 N–H and O–H groups in total. The van der Waals surface area contributed by atoms with Crippen LogP contribution in [0.3, 0.4) is 0 Å². The number of alkyl halides is 2. The molecule has 0 aromatic carbocycles. The molecule has 1 heterocycles. The molecule has 0 radical (unpaired) electrons. The second-order valence-electron chi connectivity index (χ2n) is 2.66. The number of halogens is 2. The minimum absolute atomic E-state index is 0.113. The van der Waals surface area contributed by atoms with Crippen LogP contribution in [0.4, 0.5) is 8.78 Å². The summed E-state index contributed by atoms with van der Waals surface area (Å²) in [5, 5.41) is 8.59. The normalized spacial score (nSPS) is 10.0. The van der Waals surface area contributed by atoms with Crippen LogP contribution in [0.2, 0.25) is 0 Å². The first-order chi connectivity index (χ1) is 6.60. The van der Waals surface area contributed by atoms with Crippen molar-refractivity contribution < 1.29 is 13.5 Å². The summed E-state index contributed by atoms with van der Waals surface area (Å²) in [5.41, 5.74) is -0.0818. The second-order valence-corrected chi connectivity index (χ2v) is 2.66. The summed E-state index contributed by atoms with van der Waals surface area (Å²) in [7, 11) is 1.34. The van der Waals surface area contributed by atoms with Crippen LogP contribution in [0.25, 0.3) is 0 Å². The molecule has 1 rings (SSSR count). The minimum Gasteiger partial charge on any atom is -0.481 e. The van der Waals surface area contributed by atoms with Crippen molar-refractivity contribution >= 4 is 0 Å². The van der Waals surface area contributed by atoms with Crippen LogP contribution in [-0.2, 0) is 0 Å². The molecule has 0 spiro atoms. The van der Waals surface area contributed by atoms with E-state index in [1.807, 2.05) is 0 Å². The molecule has 0 aliphatic heterocycles. The fourth-order valence-corrected chi connectivity index (χ4v) is 1.07. The molecular weight excluding hydrogens is 190 g/mol. The number of aromatic nitrogens is 1. The van der Waals surface area contributed by atoms with Crippen LogP contribution >= 0.6 is 0 Å². The Labute approximate surface area is 79.9 Å². The average molecular weight is 198 g/mol. The first-order valence-corrected chi connectivity index (χ1v) is 3.84. The number of methoxy groups -OCH3 is 1. The van der Waals surface area contributed by atoms with Crippen LogP contribution in [0.5, 0.6) is 5.88 Å². The molecule has 0 bridgehead atoms. The van der Waals surface area contributed by atoms with Gasteiger partial charge >= 0.3 is 0 Å². The number of nitrogens with zero attached hydrogens (tertiary/aromatic N) is 2. The number of rotatable bonds is 2. The average Bonchev–Trinajstić information content (AvgIpc) is 2.16. The van der Waals surface area contributed by atoms with Crippen molar-refractivity contribution in [3.63, 3.8) is 0 Å². The Balaban J connectivity index is 3.34. The van der Waals surface area contributed by atoms with E-state index in [-0.39, 0.29) is 11.4 Å². The summed E-state index contributed by atoms with van der Waals surface area (Å²) in [5.74, 6) is 0.124. The summed E-state index contributed by atoms with van der Waals surface area (Å²) in [6.07, 6.45) is -2.76. The number of hydrogen-bond acceptors (Lipinski definition) is 3. The lowest BCUT2D eigenvalue weighted by atomic mass is 10.1. The third kappa shape index (κ3) is 1.79. The summed E-state index contributed by atoms with van der Waals surface area (Å²) in [4.78, 5) is 3.57. The molecule has 0 unspecified atom stereocenters. The zero-order valence-electron chi connectivity index (χ0n) is 7.71. The highest BCUT2D eigenvalue weighted by Crippen LogP contribution is 2.25. The molecule has 1 aromatic rings. The lowest BCUT2D eigenvalue weighted by Crippen LogP contribution is -2.00. The molecule has 0 aliphatic rings. The van der Waals surface area contributed by atoms with Gasteiger partial charge in [-0.25, -0.2) is 13.8 Å². The molecule has 3 nitrogen and oxygen atoms in total. The molecule has 5 heteroatoms. The zero-order valence-corrected chi connectivity index (χ0v) is 7.71. The lowest BCUT2D eigenvalue weighted by molar-refractivity contribution is 0.144. The maximum atomic E-state index is 12.4. The standard InChI is InChI=1S/C9H8F2N2O/c1-5-3-6(4-12)7(8(10)11)13-9(5)14-2/h3,8H,1-2H3. The van der Waals surface area contributed by atoms with E-state index >= 15 is 0 Å². The van der Waals surface area contributed by atoms with Gasteiger partial charge in [-0.15, -0.1) is 0 Å². The van der Waals surface area contributed by atoms with Gasteiger partial charge in [0.25, 0.3) is 6.43 Å². The number of nitriles is 1. The van der Waals surface area contributed by atoms with Crippen LogP contribution in [0.15, 0.2) is 6.07 Å². The first-order valence-electron chi connectivity index (χ1n) is 3.84. The quantitative estimate of drug-likeness (QED) is 0.731. The highest BCUT2D eigenvalue weighted by Gasteiger charge is 2.17. The molecule has 0 aliphatic carbocycles. The second kappa shape index (κ2) is 4.01. The van der Waals surface area contributed by atoms with E-state index in [1.165, 1.54) is 13.2 Å². The number of aryl methyl sites for hydroxylation is 1. The van der Waals surface area contributed by atoms with Gasteiger partial charge in [0.2, 0.25) is 5.88 Å². The van der Waals surface area contributed by atoms with Gasteiger partial charge in [-0.05, 0) is 13.0 Å². The van der Waals surface area contributed by atoms with Gasteiger partial charge in [0.1, 0.15) is 11.8 Å². The Bertz CT molecular complexity index is 385. The maximum Gasteiger partial charge on any atom is 0.281 e. The van der Waals surface area contributed by atoms with Gasteiger partial charge in [0.05, 0.1) is 12.7 Å². The number of pyridine rings is 1. The molecule has 1 aromatic heterocycles. The van der Waals surface area contributed by atoms with Crippen molar-refractivity contribution in [1.29, 1.82) is 5.26 Å². The van der Waals surface area contributed by atoms with Crippen LogP contribution in [-0.4, -0.2) is 12.1 Å². The van der Waals surface area contributed by atoms with Gasteiger partial charge in [0, 0.05) is 5.56 Å². The van der Waals surface area contributed by atoms with E-state index in [0.717, 1.165) is 0 Å². The fourth-order valence-electron chi connectivity index (χ4n) is 1.07. The van der Waals surface area contributed by atoms with E-state index in [0.29, 0.717) is 5.56 Å². The Kier molecular flexibility index (Phi) is 2.97. The van der Waals surface area contributed by atoms with Gasteiger partial charge in [0.15, 0.2) is 0 Å². The van der Waals surface area contributed by atoms with E-state index in [9.17, 15) is 8.78 Å². The van der Waals surface area contributed by atoms with Crippen molar-refractivity contribution in [2.24, 2.45) is 0 Å². The van der Waals surface area contributed by atoms with Crippen LogP contribution in [0, 0.1) is 18.3 Å². The van der Waals surface area contributed by atoms with Crippen molar-refractivity contribution in [1.82, 2.24) is 4.98 Å². The highest BCUT2D eigenvalue weighted by atomic mass is 19.3. The largest absolute Gasteiger partial charge is 0.481 e. The third-order valence-electron chi connectivity index (χ3n) is 1.72. The SMILES string of the molecule is COc1nc(C(F)F)c(C#N)cc1C. The molecular formula is C9H8F2N2O. The molecule has 0 saturated carbocycles. The fraction of sp³-hybridized carbons (Fsp3) is 0.333. The summed E-state index contributed by atoms with van der Waals surface area (Å²) in [6.45, 7) is 1.64. The van der Waals surface area contributed by atoms with E-state index < -0.39 is 12.1 Å². The van der Waals surface area contributed by atoms with Crippen molar-refractivity contribution in [2.45, 2.75) is 13.3 Å². The lowest BCUT2D eigenvalue weighted by Gasteiger charge is -2.07. The van der Waals surface area contributed by atoms with Crippen LogP contribution < -0.4 is 4.74 Å². The van der Waals surface area contributed by atoms with Gasteiger partial charge < -0.3 is 4.74 Å². The third-order valence-corrected chi connectivity index (χ3v) is 1.72. The van der Waals surface area contributed by atoms with Crippen molar-refractivity contribution in [2.75, 3.05) is 7.11 Å². The van der Waals surface area contributed by atoms with Gasteiger partial charge in [-0.1, -0.05) is 0 Å². The topological polar surface area (TPSA) is 45.9 Å². The Morgan fingerprint density at radius 3 is 2.64 bits per heavy atom. The summed E-state index contributed by atoms with van der Waals surface area (Å²) in [6, 6.07) is 3.01. The monoisotopic (exact) mass is 198 g/mol. The predicted molar refractivity (Wildman–Crippen MR) is 45.2 cm³/mol. The van der Waals surface area contributed by atoms with Crippen LogP contribution in [0.1, 0.15) is 23.2 Å². The molecule has 0 saturated heterocycles. The van der Waals surface area contributed by atoms with Crippen molar-refractivity contribution in [3.8, 4) is 11.9 Å². The minimum atomic E-state index is -2.76. The van der Waals surface area contributed by atoms with E-state index in [2.05, 4.69) is 4.98 Å². The maximum absolute atomic E-state index is 12.4. The van der Waals surface area contributed by atoms with E-state index in [1.54, 1.807) is 13.0 Å². The molecule has 0 amide bonds. The van der Waals surface area contributed by atoms with Crippen molar-refractivity contribution in [3.05, 3.63) is 22.9 Å². The van der Waals surface area contributed by atoms with Gasteiger partial charge in [-0.3, -0.25) is 0 Å². The van der Waals surface area contributed by atoms with E-state index in [4.69, 9.17) is 10.00 Å².